The minimum absolute atomic E-state index is 0.190. The first-order valence-corrected chi connectivity index (χ1v) is 6.67. The fourth-order valence-electron chi connectivity index (χ4n) is 2.40. The lowest BCUT2D eigenvalue weighted by Crippen LogP contribution is -2.49. The smallest absolute Gasteiger partial charge is 0.320 e. The zero-order chi connectivity index (χ0) is 12.1. The van der Waals surface area contributed by atoms with E-state index in [-0.39, 0.29) is 6.03 Å². The topological polar surface area (TPSA) is 44.8 Å². The van der Waals surface area contributed by atoms with Crippen molar-refractivity contribution in [2.45, 2.75) is 25.8 Å². The highest BCUT2D eigenvalue weighted by molar-refractivity contribution is 5.77. The summed E-state index contributed by atoms with van der Waals surface area (Å²) in [6.07, 6.45) is 2.26. The summed E-state index contributed by atoms with van der Waals surface area (Å²) in [6, 6.07) is 0.558. The van der Waals surface area contributed by atoms with Crippen LogP contribution < -0.4 is 5.32 Å². The van der Waals surface area contributed by atoms with Crippen LogP contribution in [0.1, 0.15) is 19.8 Å². The van der Waals surface area contributed by atoms with E-state index < -0.39 is 0 Å². The maximum Gasteiger partial charge on any atom is 0.320 e. The van der Waals surface area contributed by atoms with Gasteiger partial charge in [0.2, 0.25) is 0 Å². The fraction of sp³-hybridized carbons (Fsp3) is 0.917. The zero-order valence-corrected chi connectivity index (χ0v) is 10.7. The highest BCUT2D eigenvalue weighted by atomic mass is 16.5. The molecule has 5 nitrogen and oxygen atoms in total. The van der Waals surface area contributed by atoms with Gasteiger partial charge in [0, 0.05) is 39.3 Å². The van der Waals surface area contributed by atoms with Gasteiger partial charge in [-0.15, -0.1) is 0 Å². The molecule has 0 aromatic carbocycles. The number of carbonyl (C=O) groups is 1. The summed E-state index contributed by atoms with van der Waals surface area (Å²) in [7, 11) is 0. The number of ether oxygens (including phenoxy) is 1. The third-order valence-electron chi connectivity index (χ3n) is 3.45. The lowest BCUT2D eigenvalue weighted by atomic mass is 10.2. The summed E-state index contributed by atoms with van der Waals surface area (Å²) in [5.74, 6) is 0. The number of rotatable bonds is 6. The second-order valence-corrected chi connectivity index (χ2v) is 4.75. The molecule has 2 rings (SSSR count). The van der Waals surface area contributed by atoms with Crippen molar-refractivity contribution in [3.05, 3.63) is 0 Å². The summed E-state index contributed by atoms with van der Waals surface area (Å²) in [5, 5.41) is 3.33. The molecule has 2 saturated heterocycles. The van der Waals surface area contributed by atoms with E-state index in [0.29, 0.717) is 12.6 Å². The average molecular weight is 241 g/mol. The van der Waals surface area contributed by atoms with Crippen molar-refractivity contribution in [3.8, 4) is 0 Å². The predicted octanol–water partition coefficient (Wildman–Crippen LogP) is 0.513. The molecule has 0 aliphatic carbocycles. The van der Waals surface area contributed by atoms with Crippen LogP contribution in [0.2, 0.25) is 0 Å². The summed E-state index contributed by atoms with van der Waals surface area (Å²) in [4.78, 5) is 15.9. The Morgan fingerprint density at radius 3 is 3.12 bits per heavy atom. The molecular weight excluding hydrogens is 218 g/mol. The predicted molar refractivity (Wildman–Crippen MR) is 66.1 cm³/mol. The zero-order valence-electron chi connectivity index (χ0n) is 10.7. The van der Waals surface area contributed by atoms with Gasteiger partial charge in [-0.05, 0) is 6.42 Å². The number of hydrogen-bond acceptors (Lipinski definition) is 3. The Bertz CT molecular complexity index is 260. The first-order chi connectivity index (χ1) is 8.33. The average Bonchev–Trinajstić information content (AvgIpc) is 2.67. The standard InChI is InChI=1S/C12H23N3O2/c1-2-3-7-17-8-6-14-10-11-9-13-4-5-15(11)12(14)16/h11,13H,2-10H2,1H3. The summed E-state index contributed by atoms with van der Waals surface area (Å²) < 4.78 is 5.51. The fourth-order valence-corrected chi connectivity index (χ4v) is 2.40. The number of unbranched alkanes of at least 4 members (excludes halogenated alkanes) is 1. The molecule has 0 bridgehead atoms. The van der Waals surface area contributed by atoms with Gasteiger partial charge in [-0.3, -0.25) is 0 Å². The molecule has 5 heteroatoms. The molecular formula is C12H23N3O2. The van der Waals surface area contributed by atoms with Crippen LogP contribution in [0.3, 0.4) is 0 Å². The minimum Gasteiger partial charge on any atom is -0.380 e. The summed E-state index contributed by atoms with van der Waals surface area (Å²) in [6.45, 7) is 7.91. The summed E-state index contributed by atoms with van der Waals surface area (Å²) >= 11 is 0. The Labute approximate surface area is 103 Å². The van der Waals surface area contributed by atoms with E-state index in [2.05, 4.69) is 12.2 Å². The lowest BCUT2D eigenvalue weighted by Gasteiger charge is -2.28. The lowest BCUT2D eigenvalue weighted by molar-refractivity contribution is 0.111. The van der Waals surface area contributed by atoms with Crippen molar-refractivity contribution in [1.29, 1.82) is 0 Å². The van der Waals surface area contributed by atoms with Crippen molar-refractivity contribution >= 4 is 6.03 Å². The van der Waals surface area contributed by atoms with E-state index in [1.807, 2.05) is 9.80 Å². The van der Waals surface area contributed by atoms with Gasteiger partial charge in [-0.2, -0.15) is 0 Å². The molecule has 0 saturated carbocycles. The number of fused-ring (bicyclic) bond motifs is 1. The molecule has 1 N–H and O–H groups in total. The first-order valence-electron chi connectivity index (χ1n) is 6.67. The van der Waals surface area contributed by atoms with E-state index in [9.17, 15) is 4.79 Å². The number of urea groups is 1. The van der Waals surface area contributed by atoms with Crippen LogP contribution >= 0.6 is 0 Å². The van der Waals surface area contributed by atoms with Crippen molar-refractivity contribution in [2.75, 3.05) is 45.9 Å². The maximum absolute atomic E-state index is 12.0. The van der Waals surface area contributed by atoms with Gasteiger partial charge in [-0.25, -0.2) is 4.79 Å². The number of nitrogens with zero attached hydrogens (tertiary/aromatic N) is 2. The normalized spacial score (nSPS) is 24.3. The van der Waals surface area contributed by atoms with Crippen LogP contribution in [0.5, 0.6) is 0 Å². The van der Waals surface area contributed by atoms with Crippen LogP contribution in [0.4, 0.5) is 4.79 Å². The molecule has 0 radical (unpaired) electrons. The van der Waals surface area contributed by atoms with Crippen LogP contribution in [0.15, 0.2) is 0 Å². The van der Waals surface area contributed by atoms with Gasteiger partial charge in [0.1, 0.15) is 0 Å². The highest BCUT2D eigenvalue weighted by Crippen LogP contribution is 2.16. The number of hydrogen-bond donors (Lipinski definition) is 1. The van der Waals surface area contributed by atoms with Crippen molar-refractivity contribution in [2.24, 2.45) is 0 Å². The number of nitrogens with one attached hydrogen (secondary N) is 1. The Morgan fingerprint density at radius 1 is 1.47 bits per heavy atom. The maximum atomic E-state index is 12.0. The monoisotopic (exact) mass is 241 g/mol. The first kappa shape index (κ1) is 12.6. The number of piperazine rings is 1. The SMILES string of the molecule is CCCCOCCN1CC2CNCCN2C1=O. The second-order valence-electron chi connectivity index (χ2n) is 4.75. The van der Waals surface area contributed by atoms with E-state index in [4.69, 9.17) is 4.74 Å². The Kier molecular flexibility index (Phi) is 4.62. The van der Waals surface area contributed by atoms with E-state index >= 15 is 0 Å². The molecule has 2 fully saturated rings. The Balaban J connectivity index is 1.69. The Morgan fingerprint density at radius 2 is 2.35 bits per heavy atom. The molecule has 2 aliphatic rings. The van der Waals surface area contributed by atoms with Crippen molar-refractivity contribution < 1.29 is 9.53 Å². The van der Waals surface area contributed by atoms with Crippen LogP contribution in [0.25, 0.3) is 0 Å². The van der Waals surface area contributed by atoms with Crippen molar-refractivity contribution in [1.82, 2.24) is 15.1 Å². The molecule has 98 valence electrons. The summed E-state index contributed by atoms with van der Waals surface area (Å²) in [5.41, 5.74) is 0. The highest BCUT2D eigenvalue weighted by Gasteiger charge is 2.37. The number of carbonyl (C=O) groups excluding carboxylic acids is 1. The molecule has 1 unspecified atom stereocenters. The third kappa shape index (κ3) is 3.10. The molecule has 0 aromatic rings. The molecule has 2 heterocycles. The molecule has 0 spiro atoms. The van der Waals surface area contributed by atoms with Crippen LogP contribution in [-0.4, -0.2) is 67.8 Å². The molecule has 0 aromatic heterocycles. The molecule has 17 heavy (non-hydrogen) atoms. The molecule has 2 amide bonds. The van der Waals surface area contributed by atoms with Gasteiger partial charge in [0.05, 0.1) is 12.6 Å². The van der Waals surface area contributed by atoms with Crippen molar-refractivity contribution in [3.63, 3.8) is 0 Å². The van der Waals surface area contributed by atoms with Crippen LogP contribution in [-0.2, 0) is 4.74 Å². The second kappa shape index (κ2) is 6.21. The van der Waals surface area contributed by atoms with Gasteiger partial charge in [0.15, 0.2) is 0 Å². The van der Waals surface area contributed by atoms with Crippen LogP contribution in [0, 0.1) is 0 Å². The molecule has 2 aliphatic heterocycles. The van der Waals surface area contributed by atoms with E-state index in [1.54, 1.807) is 0 Å². The van der Waals surface area contributed by atoms with E-state index in [0.717, 1.165) is 52.2 Å². The van der Waals surface area contributed by atoms with Gasteiger partial charge in [0.25, 0.3) is 0 Å². The van der Waals surface area contributed by atoms with Gasteiger partial charge >= 0.3 is 6.03 Å². The Hall–Kier alpha value is -0.810. The third-order valence-corrected chi connectivity index (χ3v) is 3.45. The van der Waals surface area contributed by atoms with Gasteiger partial charge in [-0.1, -0.05) is 13.3 Å². The van der Waals surface area contributed by atoms with E-state index in [1.165, 1.54) is 0 Å². The quantitative estimate of drug-likeness (QED) is 0.689. The van der Waals surface area contributed by atoms with Gasteiger partial charge < -0.3 is 19.9 Å². The molecule has 1 atom stereocenters. The minimum atomic E-state index is 0.190. The number of amides is 2. The largest absolute Gasteiger partial charge is 0.380 e.